The summed E-state index contributed by atoms with van der Waals surface area (Å²) >= 11 is 0. The molecule has 3 heterocycles. The topological polar surface area (TPSA) is 125 Å². The first-order chi connectivity index (χ1) is 23.7. The van der Waals surface area contributed by atoms with Crippen molar-refractivity contribution >= 4 is 23.7 Å². The molecule has 1 spiro atoms. The van der Waals surface area contributed by atoms with E-state index in [2.05, 4.69) is 25.4 Å². The second-order valence-corrected chi connectivity index (χ2v) is 13.3. The molecule has 0 saturated carbocycles. The summed E-state index contributed by atoms with van der Waals surface area (Å²) in [5.41, 5.74) is 0.170. The summed E-state index contributed by atoms with van der Waals surface area (Å²) in [5.74, 6) is -3.32. The minimum Gasteiger partial charge on any atom is -0.463 e. The molecule has 49 heavy (non-hydrogen) atoms. The maximum Gasteiger partial charge on any atom is 0.306 e. The number of amides is 3. The third-order valence-corrected chi connectivity index (χ3v) is 10.3. The van der Waals surface area contributed by atoms with Gasteiger partial charge >= 0.3 is 5.97 Å². The number of hydrogen-bond acceptors (Lipinski definition) is 7. The number of aliphatic hydroxyl groups is 1. The molecule has 10 nitrogen and oxygen atoms in total. The number of ether oxygens (including phenoxy) is 2. The number of likely N-dealkylation sites (tertiary alicyclic amines) is 1. The van der Waals surface area contributed by atoms with Crippen LogP contribution in [0.3, 0.4) is 0 Å². The fraction of sp³-hybridized carbons (Fsp3) is 0.487. The van der Waals surface area contributed by atoms with E-state index in [4.69, 9.17) is 9.47 Å². The first-order valence-electron chi connectivity index (χ1n) is 17.4. The molecule has 3 amide bonds. The van der Waals surface area contributed by atoms with Crippen LogP contribution in [0.25, 0.3) is 0 Å². The monoisotopic (exact) mass is 671 g/mol. The molecule has 2 aromatic rings. The van der Waals surface area contributed by atoms with Crippen LogP contribution in [0.4, 0.5) is 0 Å². The minimum atomic E-state index is -1.26. The quantitative estimate of drug-likeness (QED) is 0.185. The Labute approximate surface area is 289 Å². The lowest BCUT2D eigenvalue weighted by Gasteiger charge is -2.41. The summed E-state index contributed by atoms with van der Waals surface area (Å²) < 4.78 is 12.3. The fourth-order valence-electron chi connectivity index (χ4n) is 8.04. The van der Waals surface area contributed by atoms with Gasteiger partial charge in [-0.1, -0.05) is 86.2 Å². The molecule has 3 aliphatic heterocycles. The molecular weight excluding hydrogens is 622 g/mol. The molecule has 0 aliphatic carbocycles. The van der Waals surface area contributed by atoms with E-state index in [-0.39, 0.29) is 31.5 Å². The van der Waals surface area contributed by atoms with Crippen LogP contribution in [0.15, 0.2) is 86.0 Å². The number of allylic oxidation sites excluding steroid dienone is 1. The van der Waals surface area contributed by atoms with E-state index >= 15 is 0 Å². The van der Waals surface area contributed by atoms with Gasteiger partial charge in [0.05, 0.1) is 36.6 Å². The van der Waals surface area contributed by atoms with Crippen molar-refractivity contribution in [3.8, 4) is 0 Å². The number of hydrogen-bond donors (Lipinski definition) is 2. The molecular formula is C39H49N3O7. The zero-order valence-electron chi connectivity index (χ0n) is 28.5. The SMILES string of the molecule is C=CCCC(=O)OC[C@H](NC(=O)[C@@H]1[C@@H]2CC[C@]3(O2)[C@H](C(=O)N(CC=C)C(C)CCC)N([C@H](CO)c2ccccc2)C(=O)[C@@H]13)c1ccccc1. The first-order valence-corrected chi connectivity index (χ1v) is 17.4. The van der Waals surface area contributed by atoms with Gasteiger partial charge in [-0.3, -0.25) is 19.2 Å². The molecule has 1 unspecified atom stereocenters. The number of aliphatic hydroxyl groups excluding tert-OH is 1. The molecule has 3 aliphatic rings. The number of fused-ring (bicyclic) bond motifs is 1. The standard InChI is InChI=1S/C39H49N3O7/c1-5-8-20-32(44)48-25-29(27-16-11-9-12-17-27)40-36(45)33-31-21-22-39(49-31)34(33)37(46)42(30(24-43)28-18-13-10-14-19-28)35(39)38(47)41(23-7-3)26(4)15-6-2/h5,7,9-14,16-19,26,29-31,33-35,43H,1,3,6,8,15,20-25H2,2,4H3,(H,40,45)/t26?,29-,30+,31-,33+,34+,35-,39+/m0/s1. The highest BCUT2D eigenvalue weighted by Gasteiger charge is 2.75. The van der Waals surface area contributed by atoms with Crippen LogP contribution in [-0.4, -0.2) is 82.1 Å². The molecule has 10 heteroatoms. The van der Waals surface area contributed by atoms with Crippen LogP contribution in [0.1, 0.15) is 75.6 Å². The Balaban J connectivity index is 1.51. The van der Waals surface area contributed by atoms with Crippen molar-refractivity contribution in [3.05, 3.63) is 97.1 Å². The van der Waals surface area contributed by atoms with Gasteiger partial charge in [0.15, 0.2) is 0 Å². The van der Waals surface area contributed by atoms with Crippen LogP contribution in [-0.2, 0) is 28.7 Å². The maximum absolute atomic E-state index is 14.8. The summed E-state index contributed by atoms with van der Waals surface area (Å²) in [5, 5.41) is 13.9. The minimum absolute atomic E-state index is 0.0899. The Morgan fingerprint density at radius 3 is 2.39 bits per heavy atom. The lowest BCUT2D eigenvalue weighted by molar-refractivity contribution is -0.152. The smallest absolute Gasteiger partial charge is 0.306 e. The van der Waals surface area contributed by atoms with Gasteiger partial charge in [0.1, 0.15) is 18.2 Å². The van der Waals surface area contributed by atoms with E-state index in [0.717, 1.165) is 18.4 Å². The van der Waals surface area contributed by atoms with Gasteiger partial charge < -0.3 is 29.7 Å². The molecule has 2 bridgehead atoms. The summed E-state index contributed by atoms with van der Waals surface area (Å²) in [6.07, 6.45) is 5.92. The van der Waals surface area contributed by atoms with Crippen LogP contribution in [0.2, 0.25) is 0 Å². The second-order valence-electron chi connectivity index (χ2n) is 13.3. The van der Waals surface area contributed by atoms with E-state index in [1.54, 1.807) is 17.1 Å². The number of nitrogens with one attached hydrogen (secondary N) is 1. The third-order valence-electron chi connectivity index (χ3n) is 10.3. The molecule has 3 fully saturated rings. The maximum atomic E-state index is 14.8. The van der Waals surface area contributed by atoms with Gasteiger partial charge in [-0.2, -0.15) is 0 Å². The van der Waals surface area contributed by atoms with E-state index in [1.165, 1.54) is 4.90 Å². The molecule has 5 rings (SSSR count). The predicted octanol–water partition coefficient (Wildman–Crippen LogP) is 4.66. The second kappa shape index (κ2) is 16.0. The molecule has 2 N–H and O–H groups in total. The van der Waals surface area contributed by atoms with E-state index in [0.29, 0.717) is 24.8 Å². The summed E-state index contributed by atoms with van der Waals surface area (Å²) in [7, 11) is 0. The highest BCUT2D eigenvalue weighted by atomic mass is 16.5. The molecule has 3 saturated heterocycles. The fourth-order valence-corrected chi connectivity index (χ4v) is 8.04. The molecule has 0 radical (unpaired) electrons. The van der Waals surface area contributed by atoms with Crippen molar-refractivity contribution in [2.45, 2.75) is 88.2 Å². The molecule has 8 atom stereocenters. The molecule has 2 aromatic carbocycles. The van der Waals surface area contributed by atoms with Gasteiger partial charge in [-0.15, -0.1) is 13.2 Å². The third kappa shape index (κ3) is 7.07. The van der Waals surface area contributed by atoms with Crippen LogP contribution >= 0.6 is 0 Å². The van der Waals surface area contributed by atoms with Crippen molar-refractivity contribution in [1.29, 1.82) is 0 Å². The van der Waals surface area contributed by atoms with Gasteiger partial charge in [-0.05, 0) is 43.7 Å². The lowest BCUT2D eigenvalue weighted by atomic mass is 9.70. The zero-order chi connectivity index (χ0) is 35.1. The Morgan fingerprint density at radius 1 is 1.10 bits per heavy atom. The number of carbonyl (C=O) groups is 4. The van der Waals surface area contributed by atoms with E-state index in [1.807, 2.05) is 67.6 Å². The average Bonchev–Trinajstić information content (AvgIpc) is 3.76. The summed E-state index contributed by atoms with van der Waals surface area (Å²) in [6, 6.07) is 15.7. The first kappa shape index (κ1) is 36.0. The van der Waals surface area contributed by atoms with Gasteiger partial charge in [0, 0.05) is 19.0 Å². The predicted molar refractivity (Wildman–Crippen MR) is 185 cm³/mol. The highest BCUT2D eigenvalue weighted by molar-refractivity contribution is 5.99. The Hall–Kier alpha value is -4.28. The van der Waals surface area contributed by atoms with Gasteiger partial charge in [0.2, 0.25) is 17.7 Å². The number of carbonyl (C=O) groups excluding carboxylic acids is 4. The number of esters is 1. The van der Waals surface area contributed by atoms with Crippen molar-refractivity contribution in [1.82, 2.24) is 15.1 Å². The summed E-state index contributed by atoms with van der Waals surface area (Å²) in [4.78, 5) is 59.6. The highest BCUT2D eigenvalue weighted by Crippen LogP contribution is 2.60. The lowest BCUT2D eigenvalue weighted by Crippen LogP contribution is -2.58. The number of rotatable bonds is 17. The number of nitrogens with zero attached hydrogens (tertiary/aromatic N) is 2. The van der Waals surface area contributed by atoms with E-state index < -0.39 is 66.1 Å². The largest absolute Gasteiger partial charge is 0.463 e. The number of benzene rings is 2. The van der Waals surface area contributed by atoms with E-state index in [9.17, 15) is 24.3 Å². The van der Waals surface area contributed by atoms with Crippen LogP contribution < -0.4 is 5.32 Å². The Kier molecular flexibility index (Phi) is 11.7. The molecule has 0 aromatic heterocycles. The van der Waals surface area contributed by atoms with Crippen molar-refractivity contribution in [2.75, 3.05) is 19.8 Å². The van der Waals surface area contributed by atoms with Crippen molar-refractivity contribution in [2.24, 2.45) is 11.8 Å². The average molecular weight is 672 g/mol. The van der Waals surface area contributed by atoms with Gasteiger partial charge in [-0.25, -0.2) is 0 Å². The van der Waals surface area contributed by atoms with Crippen molar-refractivity contribution in [3.63, 3.8) is 0 Å². The zero-order valence-corrected chi connectivity index (χ0v) is 28.5. The van der Waals surface area contributed by atoms with Crippen LogP contribution in [0, 0.1) is 11.8 Å². The summed E-state index contributed by atoms with van der Waals surface area (Å²) in [6.45, 7) is 11.4. The van der Waals surface area contributed by atoms with Crippen molar-refractivity contribution < 1.29 is 33.8 Å². The Morgan fingerprint density at radius 2 is 1.78 bits per heavy atom. The van der Waals surface area contributed by atoms with Crippen LogP contribution in [0.5, 0.6) is 0 Å². The molecule has 262 valence electrons. The normalized spacial score (nSPS) is 25.6. The van der Waals surface area contributed by atoms with Gasteiger partial charge in [0.25, 0.3) is 0 Å². The Bertz CT molecular complexity index is 1500.